The normalized spacial score (nSPS) is 11.1. The first-order chi connectivity index (χ1) is 13.4. The van der Waals surface area contributed by atoms with E-state index in [4.69, 9.17) is 0 Å². The molecule has 0 saturated heterocycles. The first-order valence-electron chi connectivity index (χ1n) is 8.56. The first-order valence-corrected chi connectivity index (χ1v) is 9.35. The van der Waals surface area contributed by atoms with Gasteiger partial charge >= 0.3 is 0 Å². The van der Waals surface area contributed by atoms with Crippen LogP contribution in [0.2, 0.25) is 0 Å². The van der Waals surface area contributed by atoms with Gasteiger partial charge in [-0.15, -0.1) is 0 Å². The number of hydrogen-bond donors (Lipinski definition) is 2. The van der Waals surface area contributed by atoms with Gasteiger partial charge in [-0.05, 0) is 80.1 Å². The molecule has 0 aliphatic carbocycles. The largest absolute Gasteiger partial charge is 0.508 e. The molecule has 0 aliphatic heterocycles. The number of rotatable bonds is 4. The van der Waals surface area contributed by atoms with Gasteiger partial charge in [-0.25, -0.2) is 0 Å². The van der Waals surface area contributed by atoms with Crippen LogP contribution in [0.15, 0.2) is 64.6 Å². The summed E-state index contributed by atoms with van der Waals surface area (Å²) in [4.78, 5) is 12.5. The van der Waals surface area contributed by atoms with Crippen LogP contribution in [-0.2, 0) is 4.79 Å². The van der Waals surface area contributed by atoms with Gasteiger partial charge in [0, 0.05) is 27.2 Å². The van der Waals surface area contributed by atoms with E-state index in [9.17, 15) is 15.2 Å². The van der Waals surface area contributed by atoms with Crippen LogP contribution in [0.4, 0.5) is 5.69 Å². The lowest BCUT2D eigenvalue weighted by atomic mass is 10.1. The molecule has 0 atom stereocenters. The number of anilines is 1. The Labute approximate surface area is 171 Å². The van der Waals surface area contributed by atoms with E-state index in [0.717, 1.165) is 27.1 Å². The molecular weight excluding hydrogens is 418 g/mol. The Morgan fingerprint density at radius 3 is 2.39 bits per heavy atom. The summed E-state index contributed by atoms with van der Waals surface area (Å²) in [5, 5.41) is 21.5. The smallest absolute Gasteiger partial charge is 0.266 e. The lowest BCUT2D eigenvalue weighted by Crippen LogP contribution is -2.13. The maximum Gasteiger partial charge on any atom is 0.266 e. The minimum atomic E-state index is -0.498. The molecule has 1 heterocycles. The zero-order valence-corrected chi connectivity index (χ0v) is 17.0. The second-order valence-electron chi connectivity index (χ2n) is 6.31. The fourth-order valence-corrected chi connectivity index (χ4v) is 3.23. The van der Waals surface area contributed by atoms with Crippen molar-refractivity contribution in [1.82, 2.24) is 4.57 Å². The molecule has 2 N–H and O–H groups in total. The molecular formula is C22H18BrN3O2. The third-order valence-electron chi connectivity index (χ3n) is 4.35. The Bertz CT molecular complexity index is 1090. The number of nitrogens with one attached hydrogen (secondary N) is 1. The van der Waals surface area contributed by atoms with E-state index in [1.165, 1.54) is 12.1 Å². The van der Waals surface area contributed by atoms with Crippen molar-refractivity contribution >= 4 is 33.6 Å². The van der Waals surface area contributed by atoms with Crippen molar-refractivity contribution in [3.05, 3.63) is 81.6 Å². The Kier molecular flexibility index (Phi) is 5.67. The van der Waals surface area contributed by atoms with Crippen LogP contribution in [0, 0.1) is 25.2 Å². The van der Waals surface area contributed by atoms with Crippen molar-refractivity contribution in [2.24, 2.45) is 0 Å². The van der Waals surface area contributed by atoms with Crippen molar-refractivity contribution in [1.29, 1.82) is 5.26 Å². The topological polar surface area (TPSA) is 78.1 Å². The van der Waals surface area contributed by atoms with Gasteiger partial charge in [0.2, 0.25) is 0 Å². The minimum absolute atomic E-state index is 0.00383. The van der Waals surface area contributed by atoms with Gasteiger partial charge in [0.25, 0.3) is 5.91 Å². The highest BCUT2D eigenvalue weighted by atomic mass is 79.9. The fraction of sp³-hybridized carbons (Fsp3) is 0.0909. The molecule has 0 radical (unpaired) electrons. The lowest BCUT2D eigenvalue weighted by Gasteiger charge is -2.09. The van der Waals surface area contributed by atoms with Crippen LogP contribution in [0.1, 0.15) is 17.0 Å². The average Bonchev–Trinajstić information content (AvgIpc) is 2.95. The van der Waals surface area contributed by atoms with Gasteiger partial charge < -0.3 is 15.0 Å². The third-order valence-corrected chi connectivity index (χ3v) is 4.87. The number of nitrogens with zero attached hydrogens (tertiary/aromatic N) is 2. The number of halogens is 1. The molecule has 0 fully saturated rings. The molecule has 0 spiro atoms. The molecule has 0 saturated carbocycles. The van der Waals surface area contributed by atoms with Gasteiger partial charge in [0.15, 0.2) is 0 Å². The summed E-state index contributed by atoms with van der Waals surface area (Å²) in [6, 6.07) is 17.9. The van der Waals surface area contributed by atoms with Crippen molar-refractivity contribution in [2.45, 2.75) is 13.8 Å². The highest BCUT2D eigenvalue weighted by Crippen LogP contribution is 2.24. The number of aromatic hydroxyl groups is 1. The van der Waals surface area contributed by atoms with E-state index in [-0.39, 0.29) is 11.3 Å². The maximum absolute atomic E-state index is 12.5. The van der Waals surface area contributed by atoms with Crippen LogP contribution in [0.3, 0.4) is 0 Å². The summed E-state index contributed by atoms with van der Waals surface area (Å²) in [5.41, 5.74) is 4.25. The molecule has 1 aromatic heterocycles. The van der Waals surface area contributed by atoms with E-state index in [2.05, 4.69) is 25.8 Å². The molecule has 28 heavy (non-hydrogen) atoms. The second-order valence-corrected chi connectivity index (χ2v) is 7.22. The second kappa shape index (κ2) is 8.15. The van der Waals surface area contributed by atoms with Gasteiger partial charge in [-0.1, -0.05) is 15.9 Å². The van der Waals surface area contributed by atoms with Gasteiger partial charge in [-0.2, -0.15) is 5.26 Å². The van der Waals surface area contributed by atoms with Gasteiger partial charge in [-0.3, -0.25) is 4.79 Å². The quantitative estimate of drug-likeness (QED) is 0.339. The summed E-state index contributed by atoms with van der Waals surface area (Å²) in [5.74, 6) is -0.393. The van der Waals surface area contributed by atoms with Crippen LogP contribution < -0.4 is 5.32 Å². The Morgan fingerprint density at radius 2 is 1.79 bits per heavy atom. The van der Waals surface area contributed by atoms with Crippen molar-refractivity contribution in [2.75, 3.05) is 5.32 Å². The van der Waals surface area contributed by atoms with Crippen molar-refractivity contribution in [3.8, 4) is 17.5 Å². The highest BCUT2D eigenvalue weighted by molar-refractivity contribution is 9.10. The maximum atomic E-state index is 12.5. The molecule has 140 valence electrons. The molecule has 0 aliphatic rings. The third kappa shape index (κ3) is 4.16. The zero-order valence-electron chi connectivity index (χ0n) is 15.4. The number of carbonyl (C=O) groups is 1. The molecule has 1 amide bonds. The van der Waals surface area contributed by atoms with Crippen LogP contribution in [-0.4, -0.2) is 15.6 Å². The number of benzene rings is 2. The van der Waals surface area contributed by atoms with Crippen molar-refractivity contribution in [3.63, 3.8) is 0 Å². The van der Waals surface area contributed by atoms with E-state index in [1.807, 2.05) is 50.2 Å². The molecule has 6 heteroatoms. The number of carbonyl (C=O) groups excluding carboxylic acids is 1. The molecule has 3 aromatic rings. The molecule has 5 nitrogen and oxygen atoms in total. The van der Waals surface area contributed by atoms with E-state index < -0.39 is 5.91 Å². The number of phenols is 1. The number of amides is 1. The van der Waals surface area contributed by atoms with E-state index in [1.54, 1.807) is 18.2 Å². The van der Waals surface area contributed by atoms with Crippen LogP contribution in [0.5, 0.6) is 5.75 Å². The molecule has 2 aromatic carbocycles. The zero-order chi connectivity index (χ0) is 20.3. The number of hydrogen-bond acceptors (Lipinski definition) is 3. The fourth-order valence-electron chi connectivity index (χ4n) is 2.97. The number of aryl methyl sites for hydroxylation is 1. The summed E-state index contributed by atoms with van der Waals surface area (Å²) in [6.07, 6.45) is 1.59. The Balaban J connectivity index is 1.91. The predicted octanol–water partition coefficient (Wildman–Crippen LogP) is 5.11. The SMILES string of the molecule is Cc1cc(/C=C(\C#N)C(=O)Nc2ccc(O)cc2)c(C)n1-c1ccc(Br)cc1. The first kappa shape index (κ1) is 19.5. The number of nitriles is 1. The summed E-state index contributed by atoms with van der Waals surface area (Å²) in [6.45, 7) is 3.93. The number of aromatic nitrogens is 1. The van der Waals surface area contributed by atoms with Gasteiger partial charge in [0.05, 0.1) is 0 Å². The summed E-state index contributed by atoms with van der Waals surface area (Å²) >= 11 is 3.44. The summed E-state index contributed by atoms with van der Waals surface area (Å²) in [7, 11) is 0. The van der Waals surface area contributed by atoms with E-state index >= 15 is 0 Å². The van der Waals surface area contributed by atoms with E-state index in [0.29, 0.717) is 5.69 Å². The average molecular weight is 436 g/mol. The molecule has 0 bridgehead atoms. The van der Waals surface area contributed by atoms with Crippen LogP contribution in [0.25, 0.3) is 11.8 Å². The lowest BCUT2D eigenvalue weighted by molar-refractivity contribution is -0.112. The molecule has 3 rings (SSSR count). The van der Waals surface area contributed by atoms with Crippen molar-refractivity contribution < 1.29 is 9.90 Å². The number of phenolic OH excluding ortho intramolecular Hbond substituents is 1. The van der Waals surface area contributed by atoms with Gasteiger partial charge in [0.1, 0.15) is 17.4 Å². The van der Waals surface area contributed by atoms with Crippen LogP contribution >= 0.6 is 15.9 Å². The predicted molar refractivity (Wildman–Crippen MR) is 113 cm³/mol. The standard InChI is InChI=1S/C22H18BrN3O2/c1-14-11-16(15(2)26(14)20-7-3-18(23)4-8-20)12-17(13-24)22(28)25-19-5-9-21(27)10-6-19/h3-12,27H,1-2H3,(H,25,28)/b17-12+. The Morgan fingerprint density at radius 1 is 1.14 bits per heavy atom. The Hall–Kier alpha value is -3.30. The monoisotopic (exact) mass is 435 g/mol. The highest BCUT2D eigenvalue weighted by Gasteiger charge is 2.14. The summed E-state index contributed by atoms with van der Waals surface area (Å²) < 4.78 is 3.07. The minimum Gasteiger partial charge on any atom is -0.508 e. The molecule has 0 unspecified atom stereocenters.